The number of nitrogens with two attached hydrogens (primary N) is 2. The number of carbonyl (C=O) groups is 1. The van der Waals surface area contributed by atoms with Gasteiger partial charge in [0.15, 0.2) is 5.96 Å². The van der Waals surface area contributed by atoms with Gasteiger partial charge >= 0.3 is 0 Å². The molecule has 1 aliphatic rings. The van der Waals surface area contributed by atoms with E-state index in [0.29, 0.717) is 13.0 Å². The van der Waals surface area contributed by atoms with Crippen molar-refractivity contribution in [2.24, 2.45) is 11.5 Å². The average molecular weight is 312 g/mol. The Kier molecular flexibility index (Phi) is 7.09. The van der Waals surface area contributed by atoms with Gasteiger partial charge in [0.05, 0.1) is 6.04 Å². The molecule has 0 saturated carbocycles. The molecule has 22 heavy (non-hydrogen) atoms. The fourth-order valence-electron chi connectivity index (χ4n) is 2.68. The van der Waals surface area contributed by atoms with Crippen LogP contribution in [0.1, 0.15) is 46.5 Å². The van der Waals surface area contributed by atoms with E-state index in [0.717, 1.165) is 32.4 Å². The minimum absolute atomic E-state index is 0.0522. The predicted octanol–water partition coefficient (Wildman–Crippen LogP) is -0.0439. The zero-order valence-corrected chi connectivity index (χ0v) is 14.1. The Bertz CT molecular complexity index is 371. The van der Waals surface area contributed by atoms with Gasteiger partial charge in [-0.15, -0.1) is 0 Å². The maximum atomic E-state index is 12.1. The van der Waals surface area contributed by atoms with Crippen LogP contribution >= 0.6 is 0 Å². The van der Waals surface area contributed by atoms with Crippen molar-refractivity contribution >= 4 is 11.9 Å². The first-order valence-electron chi connectivity index (χ1n) is 8.09. The largest absolute Gasteiger partial charge is 0.370 e. The number of piperidine rings is 1. The molecule has 7 heteroatoms. The van der Waals surface area contributed by atoms with Gasteiger partial charge in [0.1, 0.15) is 0 Å². The first-order valence-corrected chi connectivity index (χ1v) is 8.09. The number of hydrogen-bond acceptors (Lipinski definition) is 4. The third kappa shape index (κ3) is 6.62. The molecule has 1 saturated heterocycles. The Balaban J connectivity index is 2.24. The third-order valence-electron chi connectivity index (χ3n) is 4.13. The summed E-state index contributed by atoms with van der Waals surface area (Å²) >= 11 is 0. The lowest BCUT2D eigenvalue weighted by Crippen LogP contribution is -2.53. The zero-order valence-electron chi connectivity index (χ0n) is 14.1. The van der Waals surface area contributed by atoms with Crippen LogP contribution in [0.5, 0.6) is 0 Å². The maximum absolute atomic E-state index is 12.1. The second kappa shape index (κ2) is 8.33. The van der Waals surface area contributed by atoms with Crippen LogP contribution in [-0.2, 0) is 4.79 Å². The Morgan fingerprint density at radius 3 is 2.45 bits per heavy atom. The fourth-order valence-corrected chi connectivity index (χ4v) is 2.68. The monoisotopic (exact) mass is 312 g/mol. The van der Waals surface area contributed by atoms with Crippen molar-refractivity contribution in [3.8, 4) is 0 Å². The van der Waals surface area contributed by atoms with Crippen molar-refractivity contribution in [2.75, 3.05) is 19.6 Å². The molecule has 1 fully saturated rings. The highest BCUT2D eigenvalue weighted by Gasteiger charge is 2.28. The summed E-state index contributed by atoms with van der Waals surface area (Å²) in [6.07, 6.45) is 3.26. The SMILES string of the molecule is CC(C)(C)N1CCC(NC(=O)[C@@H](N)CCCNC(=N)N)CC1. The first kappa shape index (κ1) is 18.7. The molecule has 1 atom stereocenters. The quantitative estimate of drug-likeness (QED) is 0.268. The molecule has 1 amide bonds. The first-order chi connectivity index (χ1) is 10.2. The average Bonchev–Trinajstić information content (AvgIpc) is 2.42. The number of likely N-dealkylation sites (tertiary alicyclic amines) is 1. The number of hydrogen-bond donors (Lipinski definition) is 5. The molecule has 7 N–H and O–H groups in total. The molecule has 0 aromatic rings. The van der Waals surface area contributed by atoms with Gasteiger partial charge in [-0.05, 0) is 46.5 Å². The number of guanidine groups is 1. The summed E-state index contributed by atoms with van der Waals surface area (Å²) in [5.41, 5.74) is 11.3. The van der Waals surface area contributed by atoms with Crippen LogP contribution in [0.4, 0.5) is 0 Å². The predicted molar refractivity (Wildman–Crippen MR) is 89.6 cm³/mol. The second-order valence-corrected chi connectivity index (χ2v) is 7.03. The molecule has 1 aliphatic heterocycles. The standard InChI is InChI=1S/C15H32N6O/c1-15(2,3)21-9-6-11(7-10-21)20-13(22)12(16)5-4-8-19-14(17)18/h11-12H,4-10,16H2,1-3H3,(H,20,22)(H4,17,18,19)/t12-/m0/s1. The summed E-state index contributed by atoms with van der Waals surface area (Å²) < 4.78 is 0. The molecule has 0 aliphatic carbocycles. The molecule has 0 radical (unpaired) electrons. The Labute approximate surface area is 133 Å². The molecule has 0 spiro atoms. The molecule has 1 rings (SSSR count). The van der Waals surface area contributed by atoms with E-state index < -0.39 is 6.04 Å². The molecule has 0 aromatic carbocycles. The van der Waals surface area contributed by atoms with Crippen LogP contribution in [0.25, 0.3) is 0 Å². The van der Waals surface area contributed by atoms with Crippen LogP contribution in [0, 0.1) is 5.41 Å². The molecule has 1 heterocycles. The molecule has 7 nitrogen and oxygen atoms in total. The zero-order chi connectivity index (χ0) is 16.8. The molecule has 0 bridgehead atoms. The topological polar surface area (TPSA) is 120 Å². The molecule has 0 unspecified atom stereocenters. The van der Waals surface area contributed by atoms with Gasteiger partial charge in [-0.3, -0.25) is 15.1 Å². The van der Waals surface area contributed by atoms with Crippen molar-refractivity contribution in [3.63, 3.8) is 0 Å². The molecular formula is C15H32N6O. The van der Waals surface area contributed by atoms with Crippen molar-refractivity contribution in [3.05, 3.63) is 0 Å². The summed E-state index contributed by atoms with van der Waals surface area (Å²) in [6.45, 7) is 9.24. The second-order valence-electron chi connectivity index (χ2n) is 7.03. The summed E-state index contributed by atoms with van der Waals surface area (Å²) in [5.74, 6) is -0.124. The van der Waals surface area contributed by atoms with E-state index in [2.05, 4.69) is 36.3 Å². The highest BCUT2D eigenvalue weighted by atomic mass is 16.2. The fraction of sp³-hybridized carbons (Fsp3) is 0.867. The van der Waals surface area contributed by atoms with E-state index >= 15 is 0 Å². The van der Waals surface area contributed by atoms with Crippen LogP contribution in [-0.4, -0.2) is 54.0 Å². The van der Waals surface area contributed by atoms with Crippen molar-refractivity contribution in [1.82, 2.24) is 15.5 Å². The van der Waals surface area contributed by atoms with Gasteiger partial charge in [-0.2, -0.15) is 0 Å². The van der Waals surface area contributed by atoms with Crippen LogP contribution in [0.15, 0.2) is 0 Å². The van der Waals surface area contributed by atoms with Crippen molar-refractivity contribution in [1.29, 1.82) is 5.41 Å². The third-order valence-corrected chi connectivity index (χ3v) is 4.13. The van der Waals surface area contributed by atoms with Gasteiger partial charge < -0.3 is 22.1 Å². The minimum atomic E-state index is -0.491. The maximum Gasteiger partial charge on any atom is 0.237 e. The summed E-state index contributed by atoms with van der Waals surface area (Å²) in [4.78, 5) is 14.5. The number of nitrogens with one attached hydrogen (secondary N) is 3. The molecular weight excluding hydrogens is 280 g/mol. The van der Waals surface area contributed by atoms with Crippen molar-refractivity contribution < 1.29 is 4.79 Å². The van der Waals surface area contributed by atoms with E-state index in [1.165, 1.54) is 0 Å². The normalized spacial score (nSPS) is 18.7. The summed E-state index contributed by atoms with van der Waals surface area (Å²) in [6, 6.07) is -0.262. The van der Waals surface area contributed by atoms with E-state index in [4.69, 9.17) is 16.9 Å². The Morgan fingerprint density at radius 2 is 1.95 bits per heavy atom. The smallest absolute Gasteiger partial charge is 0.237 e. The van der Waals surface area contributed by atoms with Crippen LogP contribution < -0.4 is 22.1 Å². The molecule has 0 aromatic heterocycles. The number of carbonyl (C=O) groups excluding carboxylic acids is 1. The van der Waals surface area contributed by atoms with E-state index in [-0.39, 0.29) is 23.4 Å². The van der Waals surface area contributed by atoms with E-state index in [9.17, 15) is 4.79 Å². The van der Waals surface area contributed by atoms with E-state index in [1.807, 2.05) is 0 Å². The van der Waals surface area contributed by atoms with E-state index in [1.54, 1.807) is 0 Å². The minimum Gasteiger partial charge on any atom is -0.370 e. The molecule has 128 valence electrons. The number of nitrogens with zero attached hydrogens (tertiary/aromatic N) is 1. The van der Waals surface area contributed by atoms with Gasteiger partial charge in [0, 0.05) is 31.2 Å². The van der Waals surface area contributed by atoms with Crippen LogP contribution in [0.2, 0.25) is 0 Å². The lowest BCUT2D eigenvalue weighted by atomic mass is 9.97. The summed E-state index contributed by atoms with van der Waals surface area (Å²) in [5, 5.41) is 12.8. The summed E-state index contributed by atoms with van der Waals surface area (Å²) in [7, 11) is 0. The van der Waals surface area contributed by atoms with Gasteiger partial charge in [0.25, 0.3) is 0 Å². The number of amides is 1. The Hall–Kier alpha value is -1.34. The lowest BCUT2D eigenvalue weighted by molar-refractivity contribution is -0.123. The van der Waals surface area contributed by atoms with Crippen molar-refractivity contribution in [2.45, 2.75) is 64.1 Å². The van der Waals surface area contributed by atoms with Gasteiger partial charge in [-0.1, -0.05) is 0 Å². The highest BCUT2D eigenvalue weighted by molar-refractivity contribution is 5.81. The van der Waals surface area contributed by atoms with Gasteiger partial charge in [-0.25, -0.2) is 0 Å². The highest BCUT2D eigenvalue weighted by Crippen LogP contribution is 2.20. The lowest BCUT2D eigenvalue weighted by Gasteiger charge is -2.41. The Morgan fingerprint density at radius 1 is 1.36 bits per heavy atom. The number of rotatable bonds is 6. The van der Waals surface area contributed by atoms with Gasteiger partial charge in [0.2, 0.25) is 5.91 Å². The van der Waals surface area contributed by atoms with Crippen LogP contribution in [0.3, 0.4) is 0 Å².